The quantitative estimate of drug-likeness (QED) is 0.653. The standard InChI is InChI=1S/C10H11ClN4OS/c11-6-1-2-7(13)8(3-6)17-5-9-14-10(4-12)16-15-9/h1-3H,4-5,12-13H2. The van der Waals surface area contributed by atoms with E-state index in [4.69, 9.17) is 27.6 Å². The number of aromatic nitrogens is 2. The van der Waals surface area contributed by atoms with Crippen molar-refractivity contribution < 1.29 is 4.52 Å². The van der Waals surface area contributed by atoms with Crippen molar-refractivity contribution in [3.05, 3.63) is 34.9 Å². The number of nitrogens with two attached hydrogens (primary N) is 2. The van der Waals surface area contributed by atoms with Crippen molar-refractivity contribution in [1.82, 2.24) is 10.1 Å². The van der Waals surface area contributed by atoms with Gasteiger partial charge in [0.05, 0.1) is 12.3 Å². The number of anilines is 1. The third-order valence-electron chi connectivity index (χ3n) is 2.02. The van der Waals surface area contributed by atoms with Gasteiger partial charge in [-0.2, -0.15) is 4.98 Å². The summed E-state index contributed by atoms with van der Waals surface area (Å²) in [7, 11) is 0. The molecule has 0 atom stereocenters. The average molecular weight is 271 g/mol. The smallest absolute Gasteiger partial charge is 0.240 e. The molecule has 0 amide bonds. The molecule has 4 N–H and O–H groups in total. The number of nitrogens with zero attached hydrogens (tertiary/aromatic N) is 2. The number of thioether (sulfide) groups is 1. The fourth-order valence-corrected chi connectivity index (χ4v) is 2.29. The molecule has 2 aromatic rings. The Morgan fingerprint density at radius 3 is 2.94 bits per heavy atom. The van der Waals surface area contributed by atoms with Gasteiger partial charge < -0.3 is 16.0 Å². The maximum atomic E-state index is 5.89. The van der Waals surface area contributed by atoms with Crippen molar-refractivity contribution in [3.8, 4) is 0 Å². The second-order valence-electron chi connectivity index (χ2n) is 3.28. The zero-order chi connectivity index (χ0) is 12.3. The molecule has 0 spiro atoms. The molecule has 1 aromatic heterocycles. The second-order valence-corrected chi connectivity index (χ2v) is 4.73. The molecule has 0 radical (unpaired) electrons. The molecule has 2 rings (SSSR count). The van der Waals surface area contributed by atoms with Crippen LogP contribution < -0.4 is 11.5 Å². The van der Waals surface area contributed by atoms with Crippen LogP contribution in [0.1, 0.15) is 11.7 Å². The van der Waals surface area contributed by atoms with Crippen molar-refractivity contribution in [2.75, 3.05) is 5.73 Å². The summed E-state index contributed by atoms with van der Waals surface area (Å²) in [5.74, 6) is 1.59. The molecular formula is C10H11ClN4OS. The molecule has 0 aliphatic heterocycles. The molecule has 17 heavy (non-hydrogen) atoms. The summed E-state index contributed by atoms with van der Waals surface area (Å²) >= 11 is 7.39. The van der Waals surface area contributed by atoms with Crippen LogP contribution in [0.15, 0.2) is 27.6 Å². The van der Waals surface area contributed by atoms with Crippen molar-refractivity contribution >= 4 is 29.1 Å². The summed E-state index contributed by atoms with van der Waals surface area (Å²) in [6, 6.07) is 5.33. The molecule has 0 saturated heterocycles. The van der Waals surface area contributed by atoms with Gasteiger partial charge in [-0.3, -0.25) is 0 Å². The van der Waals surface area contributed by atoms with E-state index < -0.39 is 0 Å². The highest BCUT2D eigenvalue weighted by atomic mass is 35.5. The highest BCUT2D eigenvalue weighted by Gasteiger charge is 2.07. The van der Waals surface area contributed by atoms with E-state index in [1.807, 2.05) is 6.07 Å². The lowest BCUT2D eigenvalue weighted by Crippen LogP contribution is -1.96. The Morgan fingerprint density at radius 1 is 1.41 bits per heavy atom. The van der Waals surface area contributed by atoms with E-state index >= 15 is 0 Å². The van der Waals surface area contributed by atoms with Gasteiger partial charge in [-0.25, -0.2) is 0 Å². The summed E-state index contributed by atoms with van der Waals surface area (Å²) < 4.78 is 4.90. The lowest BCUT2D eigenvalue weighted by atomic mass is 10.3. The lowest BCUT2D eigenvalue weighted by Gasteiger charge is -2.03. The number of benzene rings is 1. The zero-order valence-electron chi connectivity index (χ0n) is 8.89. The number of rotatable bonds is 4. The molecule has 1 aromatic carbocycles. The maximum Gasteiger partial charge on any atom is 0.240 e. The predicted octanol–water partition coefficient (Wildman–Crippen LogP) is 2.06. The lowest BCUT2D eigenvalue weighted by molar-refractivity contribution is 0.376. The van der Waals surface area contributed by atoms with Gasteiger partial charge in [0.15, 0.2) is 5.82 Å². The molecule has 1 heterocycles. The van der Waals surface area contributed by atoms with Crippen molar-refractivity contribution in [2.45, 2.75) is 17.2 Å². The van der Waals surface area contributed by atoms with E-state index in [2.05, 4.69) is 10.1 Å². The maximum absolute atomic E-state index is 5.89. The highest BCUT2D eigenvalue weighted by molar-refractivity contribution is 7.98. The summed E-state index contributed by atoms with van der Waals surface area (Å²) in [4.78, 5) is 5.00. The van der Waals surface area contributed by atoms with Crippen LogP contribution in [0, 0.1) is 0 Å². The van der Waals surface area contributed by atoms with Crippen molar-refractivity contribution in [3.63, 3.8) is 0 Å². The van der Waals surface area contributed by atoms with Gasteiger partial charge in [0.2, 0.25) is 5.89 Å². The first kappa shape index (κ1) is 12.2. The Labute approximate surface area is 108 Å². The first-order chi connectivity index (χ1) is 8.19. The van der Waals surface area contributed by atoms with Crippen molar-refractivity contribution in [1.29, 1.82) is 0 Å². The van der Waals surface area contributed by atoms with Gasteiger partial charge in [-0.1, -0.05) is 16.8 Å². The number of hydrogen-bond donors (Lipinski definition) is 2. The first-order valence-electron chi connectivity index (χ1n) is 4.88. The largest absolute Gasteiger partial charge is 0.398 e. The van der Waals surface area contributed by atoms with Crippen LogP contribution >= 0.6 is 23.4 Å². The molecule has 90 valence electrons. The summed E-state index contributed by atoms with van der Waals surface area (Å²) in [5.41, 5.74) is 11.9. The van der Waals surface area contributed by atoms with Crippen LogP contribution in [0.2, 0.25) is 5.02 Å². The monoisotopic (exact) mass is 270 g/mol. The molecule has 0 aliphatic rings. The fourth-order valence-electron chi connectivity index (χ4n) is 1.21. The first-order valence-corrected chi connectivity index (χ1v) is 6.24. The Morgan fingerprint density at radius 2 is 2.24 bits per heavy atom. The Hall–Kier alpha value is -1.24. The van der Waals surface area contributed by atoms with Crippen LogP contribution in [0.3, 0.4) is 0 Å². The van der Waals surface area contributed by atoms with Gasteiger partial charge in [-0.15, -0.1) is 11.8 Å². The molecular weight excluding hydrogens is 260 g/mol. The van der Waals surface area contributed by atoms with E-state index in [1.54, 1.807) is 12.1 Å². The number of hydrogen-bond acceptors (Lipinski definition) is 6. The fraction of sp³-hybridized carbons (Fsp3) is 0.200. The second kappa shape index (κ2) is 5.39. The van der Waals surface area contributed by atoms with E-state index in [0.29, 0.717) is 28.2 Å². The predicted molar refractivity (Wildman–Crippen MR) is 67.6 cm³/mol. The molecule has 7 heteroatoms. The van der Waals surface area contributed by atoms with Crippen LogP contribution in [0.5, 0.6) is 0 Å². The average Bonchev–Trinajstić information content (AvgIpc) is 2.78. The molecule has 5 nitrogen and oxygen atoms in total. The van der Waals surface area contributed by atoms with E-state index in [0.717, 1.165) is 4.90 Å². The summed E-state index contributed by atoms with van der Waals surface area (Å²) in [6.07, 6.45) is 0. The summed E-state index contributed by atoms with van der Waals surface area (Å²) in [5, 5.41) is 4.44. The van der Waals surface area contributed by atoms with Crippen LogP contribution in [-0.2, 0) is 12.3 Å². The zero-order valence-corrected chi connectivity index (χ0v) is 10.5. The minimum Gasteiger partial charge on any atom is -0.398 e. The molecule has 0 fully saturated rings. The van der Waals surface area contributed by atoms with Gasteiger partial charge in [0, 0.05) is 15.6 Å². The van der Waals surface area contributed by atoms with Gasteiger partial charge in [-0.05, 0) is 18.2 Å². The van der Waals surface area contributed by atoms with E-state index in [1.165, 1.54) is 11.8 Å². The third-order valence-corrected chi connectivity index (χ3v) is 3.32. The molecule has 0 unspecified atom stereocenters. The van der Waals surface area contributed by atoms with Crippen LogP contribution in [0.25, 0.3) is 0 Å². The molecule has 0 saturated carbocycles. The Kier molecular flexibility index (Phi) is 3.88. The van der Waals surface area contributed by atoms with Gasteiger partial charge in [0.25, 0.3) is 0 Å². The Balaban J connectivity index is 2.04. The summed E-state index contributed by atoms with van der Waals surface area (Å²) in [6.45, 7) is 0.247. The number of halogens is 1. The minimum atomic E-state index is 0.247. The molecule has 0 bridgehead atoms. The SMILES string of the molecule is NCc1nc(CSc2cc(Cl)ccc2N)no1. The van der Waals surface area contributed by atoms with Crippen LogP contribution in [-0.4, -0.2) is 10.1 Å². The van der Waals surface area contributed by atoms with E-state index in [9.17, 15) is 0 Å². The van der Waals surface area contributed by atoms with Gasteiger partial charge >= 0.3 is 0 Å². The van der Waals surface area contributed by atoms with Gasteiger partial charge in [0.1, 0.15) is 0 Å². The van der Waals surface area contributed by atoms with Crippen LogP contribution in [0.4, 0.5) is 5.69 Å². The van der Waals surface area contributed by atoms with Crippen molar-refractivity contribution in [2.24, 2.45) is 5.73 Å². The number of nitrogen functional groups attached to an aromatic ring is 1. The minimum absolute atomic E-state index is 0.247. The molecule has 0 aliphatic carbocycles. The third kappa shape index (κ3) is 3.12. The normalized spacial score (nSPS) is 10.7. The Bertz CT molecular complexity index is 517. The highest BCUT2D eigenvalue weighted by Crippen LogP contribution is 2.29. The van der Waals surface area contributed by atoms with E-state index in [-0.39, 0.29) is 6.54 Å². The topological polar surface area (TPSA) is 91.0 Å².